The lowest BCUT2D eigenvalue weighted by atomic mass is 10.3. The fourth-order valence-corrected chi connectivity index (χ4v) is 1.94. The van der Waals surface area contributed by atoms with Crippen molar-refractivity contribution in [2.45, 2.75) is 19.9 Å². The van der Waals surface area contributed by atoms with Crippen LogP contribution in [0.5, 0.6) is 0 Å². The van der Waals surface area contributed by atoms with Gasteiger partial charge in [-0.15, -0.1) is 0 Å². The van der Waals surface area contributed by atoms with Gasteiger partial charge < -0.3 is 10.6 Å². The summed E-state index contributed by atoms with van der Waals surface area (Å²) in [6.45, 7) is 10.9. The Morgan fingerprint density at radius 2 is 2.06 bits per heavy atom. The Hall–Kier alpha value is -0.650. The number of piperazine rings is 1. The maximum atomic E-state index is 11.5. The SMILES string of the molecule is CC(C)NC(=O)CN(C)CCN1CCNCC1. The largest absolute Gasteiger partial charge is 0.353 e. The summed E-state index contributed by atoms with van der Waals surface area (Å²) in [5, 5.41) is 6.24. The lowest BCUT2D eigenvalue weighted by Gasteiger charge is -2.29. The topological polar surface area (TPSA) is 47.6 Å². The number of hydrogen-bond donors (Lipinski definition) is 2. The Morgan fingerprint density at radius 1 is 1.41 bits per heavy atom. The fraction of sp³-hybridized carbons (Fsp3) is 0.917. The summed E-state index contributed by atoms with van der Waals surface area (Å²) in [5.74, 6) is 0.114. The van der Waals surface area contributed by atoms with E-state index in [4.69, 9.17) is 0 Å². The molecule has 0 aromatic rings. The first kappa shape index (κ1) is 14.4. The summed E-state index contributed by atoms with van der Waals surface area (Å²) in [5.41, 5.74) is 0. The number of nitrogens with one attached hydrogen (secondary N) is 2. The third-order valence-electron chi connectivity index (χ3n) is 2.87. The molecule has 17 heavy (non-hydrogen) atoms. The van der Waals surface area contributed by atoms with E-state index in [1.807, 2.05) is 20.9 Å². The molecule has 1 amide bonds. The van der Waals surface area contributed by atoms with Crippen LogP contribution >= 0.6 is 0 Å². The molecular formula is C12H26N4O. The molecular weight excluding hydrogens is 216 g/mol. The normalized spacial score (nSPS) is 17.7. The van der Waals surface area contributed by atoms with Crippen molar-refractivity contribution in [2.24, 2.45) is 0 Å². The smallest absolute Gasteiger partial charge is 0.234 e. The first-order valence-electron chi connectivity index (χ1n) is 6.49. The molecule has 1 heterocycles. The monoisotopic (exact) mass is 242 g/mol. The van der Waals surface area contributed by atoms with E-state index in [1.54, 1.807) is 0 Å². The van der Waals surface area contributed by atoms with Crippen LogP contribution < -0.4 is 10.6 Å². The van der Waals surface area contributed by atoms with Crippen LogP contribution in [0.2, 0.25) is 0 Å². The van der Waals surface area contributed by atoms with Gasteiger partial charge >= 0.3 is 0 Å². The van der Waals surface area contributed by atoms with Crippen molar-refractivity contribution in [3.8, 4) is 0 Å². The van der Waals surface area contributed by atoms with Crippen molar-refractivity contribution in [1.29, 1.82) is 0 Å². The van der Waals surface area contributed by atoms with Crippen LogP contribution in [0.15, 0.2) is 0 Å². The van der Waals surface area contributed by atoms with Gasteiger partial charge in [-0.05, 0) is 20.9 Å². The zero-order chi connectivity index (χ0) is 12.7. The molecule has 5 heteroatoms. The minimum Gasteiger partial charge on any atom is -0.353 e. The summed E-state index contributed by atoms with van der Waals surface area (Å²) < 4.78 is 0. The number of carbonyl (C=O) groups is 1. The second-order valence-electron chi connectivity index (χ2n) is 5.05. The first-order chi connectivity index (χ1) is 8.08. The zero-order valence-corrected chi connectivity index (χ0v) is 11.3. The third kappa shape index (κ3) is 6.61. The Morgan fingerprint density at radius 3 is 2.65 bits per heavy atom. The second kappa shape index (κ2) is 7.63. The number of carbonyl (C=O) groups excluding carboxylic acids is 1. The van der Waals surface area contributed by atoms with Gasteiger partial charge in [-0.2, -0.15) is 0 Å². The summed E-state index contributed by atoms with van der Waals surface area (Å²) in [6.07, 6.45) is 0. The Labute approximate surface area is 105 Å². The minimum atomic E-state index is 0.114. The summed E-state index contributed by atoms with van der Waals surface area (Å²) in [7, 11) is 2.00. The van der Waals surface area contributed by atoms with Crippen LogP contribution in [0.4, 0.5) is 0 Å². The number of hydrogen-bond acceptors (Lipinski definition) is 4. The molecule has 100 valence electrons. The van der Waals surface area contributed by atoms with E-state index in [-0.39, 0.29) is 11.9 Å². The van der Waals surface area contributed by atoms with Gasteiger partial charge in [0.15, 0.2) is 0 Å². The molecule has 0 radical (unpaired) electrons. The van der Waals surface area contributed by atoms with E-state index < -0.39 is 0 Å². The number of nitrogens with zero attached hydrogens (tertiary/aromatic N) is 2. The number of rotatable bonds is 6. The van der Waals surface area contributed by atoms with E-state index in [2.05, 4.69) is 20.4 Å². The fourth-order valence-electron chi connectivity index (χ4n) is 1.94. The summed E-state index contributed by atoms with van der Waals surface area (Å²) in [6, 6.07) is 0.226. The highest BCUT2D eigenvalue weighted by Crippen LogP contribution is 1.93. The lowest BCUT2D eigenvalue weighted by Crippen LogP contribution is -2.47. The van der Waals surface area contributed by atoms with E-state index >= 15 is 0 Å². The molecule has 0 aromatic heterocycles. The predicted octanol–water partition coefficient (Wildman–Crippen LogP) is -0.652. The van der Waals surface area contributed by atoms with Gasteiger partial charge in [-0.3, -0.25) is 14.6 Å². The van der Waals surface area contributed by atoms with E-state index in [9.17, 15) is 4.79 Å². The predicted molar refractivity (Wildman–Crippen MR) is 70.1 cm³/mol. The van der Waals surface area contributed by atoms with E-state index in [1.165, 1.54) is 0 Å². The molecule has 0 bridgehead atoms. The van der Waals surface area contributed by atoms with Crippen LogP contribution in [-0.2, 0) is 4.79 Å². The molecule has 0 unspecified atom stereocenters. The average molecular weight is 242 g/mol. The maximum Gasteiger partial charge on any atom is 0.234 e. The van der Waals surface area contributed by atoms with Crippen LogP contribution in [0.25, 0.3) is 0 Å². The quantitative estimate of drug-likeness (QED) is 0.650. The second-order valence-corrected chi connectivity index (χ2v) is 5.05. The number of likely N-dealkylation sites (N-methyl/N-ethyl adjacent to an activating group) is 1. The van der Waals surface area contributed by atoms with E-state index in [0.717, 1.165) is 39.3 Å². The van der Waals surface area contributed by atoms with Gasteiger partial charge in [0, 0.05) is 45.3 Å². The van der Waals surface area contributed by atoms with Crippen molar-refractivity contribution in [3.05, 3.63) is 0 Å². The third-order valence-corrected chi connectivity index (χ3v) is 2.87. The van der Waals surface area contributed by atoms with Gasteiger partial charge in [-0.25, -0.2) is 0 Å². The molecule has 1 saturated heterocycles. The molecule has 0 spiro atoms. The first-order valence-corrected chi connectivity index (χ1v) is 6.49. The van der Waals surface area contributed by atoms with Crippen LogP contribution in [0.1, 0.15) is 13.8 Å². The molecule has 0 aliphatic carbocycles. The Bertz CT molecular complexity index is 227. The van der Waals surface area contributed by atoms with Gasteiger partial charge in [0.05, 0.1) is 6.54 Å². The van der Waals surface area contributed by atoms with Crippen LogP contribution in [-0.4, -0.2) is 74.6 Å². The maximum absolute atomic E-state index is 11.5. The standard InChI is InChI=1S/C12H26N4O/c1-11(2)14-12(17)10-15(3)8-9-16-6-4-13-5-7-16/h11,13H,4-10H2,1-3H3,(H,14,17). The summed E-state index contributed by atoms with van der Waals surface area (Å²) >= 11 is 0. The zero-order valence-electron chi connectivity index (χ0n) is 11.3. The lowest BCUT2D eigenvalue weighted by molar-refractivity contribution is -0.122. The minimum absolute atomic E-state index is 0.114. The molecule has 1 fully saturated rings. The average Bonchev–Trinajstić information content (AvgIpc) is 2.26. The van der Waals surface area contributed by atoms with Crippen molar-refractivity contribution in [3.63, 3.8) is 0 Å². The molecule has 1 aliphatic rings. The van der Waals surface area contributed by atoms with Gasteiger partial charge in [0.1, 0.15) is 0 Å². The molecule has 0 saturated carbocycles. The van der Waals surface area contributed by atoms with Gasteiger partial charge in [0.2, 0.25) is 5.91 Å². The van der Waals surface area contributed by atoms with Crippen molar-refractivity contribution in [2.75, 3.05) is 52.9 Å². The van der Waals surface area contributed by atoms with Crippen molar-refractivity contribution >= 4 is 5.91 Å². The highest BCUT2D eigenvalue weighted by atomic mass is 16.2. The van der Waals surface area contributed by atoms with Crippen molar-refractivity contribution < 1.29 is 4.79 Å². The highest BCUT2D eigenvalue weighted by molar-refractivity contribution is 5.78. The van der Waals surface area contributed by atoms with E-state index in [0.29, 0.717) is 6.54 Å². The molecule has 0 atom stereocenters. The molecule has 2 N–H and O–H groups in total. The molecule has 0 aromatic carbocycles. The summed E-state index contributed by atoms with van der Waals surface area (Å²) in [4.78, 5) is 16.1. The van der Waals surface area contributed by atoms with Crippen molar-refractivity contribution in [1.82, 2.24) is 20.4 Å². The van der Waals surface area contributed by atoms with Crippen LogP contribution in [0, 0.1) is 0 Å². The van der Waals surface area contributed by atoms with Gasteiger partial charge in [-0.1, -0.05) is 0 Å². The molecule has 1 rings (SSSR count). The number of amides is 1. The highest BCUT2D eigenvalue weighted by Gasteiger charge is 2.11. The van der Waals surface area contributed by atoms with Gasteiger partial charge in [0.25, 0.3) is 0 Å². The van der Waals surface area contributed by atoms with Crippen LogP contribution in [0.3, 0.4) is 0 Å². The Balaban J connectivity index is 2.11. The Kier molecular flexibility index (Phi) is 6.47. The molecule has 5 nitrogen and oxygen atoms in total. The molecule has 1 aliphatic heterocycles.